The molecular weight excluding hydrogens is 341 g/mol. The first-order valence-corrected chi connectivity index (χ1v) is 7.28. The molecule has 0 fully saturated rings. The van der Waals surface area contributed by atoms with Crippen LogP contribution in [0.2, 0.25) is 3.93 Å². The minimum absolute atomic E-state index is 0. The first-order chi connectivity index (χ1) is 5.81. The van der Waals surface area contributed by atoms with Gasteiger partial charge in [0.2, 0.25) is 0 Å². The number of hydrogen-bond donors (Lipinski definition) is 1. The van der Waals surface area contributed by atoms with E-state index >= 15 is 0 Å². The molecule has 0 saturated heterocycles. The molecule has 0 spiro atoms. The number of halogens is 1. The van der Waals surface area contributed by atoms with Gasteiger partial charge in [-0.3, -0.25) is 0 Å². The molecule has 0 aromatic carbocycles. The van der Waals surface area contributed by atoms with Gasteiger partial charge < -0.3 is 0 Å². The van der Waals surface area contributed by atoms with Crippen LogP contribution in [0.15, 0.2) is 0 Å². The summed E-state index contributed by atoms with van der Waals surface area (Å²) in [5.74, 6) is 0. The summed E-state index contributed by atoms with van der Waals surface area (Å²) in [5, 5.41) is 3.12. The normalized spacial score (nSPS) is 12.2. The van der Waals surface area contributed by atoms with Crippen molar-refractivity contribution in [1.29, 1.82) is 0 Å². The maximum atomic E-state index is 5.42. The zero-order valence-corrected chi connectivity index (χ0v) is 13.2. The van der Waals surface area contributed by atoms with Crippen LogP contribution < -0.4 is 5.32 Å². The molecule has 0 heterocycles. The van der Waals surface area contributed by atoms with E-state index in [1.54, 1.807) is 0 Å². The molecule has 5 heteroatoms. The Bertz CT molecular complexity index is 98.2. The summed E-state index contributed by atoms with van der Waals surface area (Å²) in [6, 6.07) is 0. The van der Waals surface area contributed by atoms with Crippen LogP contribution in [0.25, 0.3) is 0 Å². The van der Waals surface area contributed by atoms with Gasteiger partial charge in [-0.1, -0.05) is 0 Å². The fraction of sp³-hybridized carbons (Fsp3) is 1.00. The zero-order valence-electron chi connectivity index (χ0n) is 8.63. The first-order valence-electron chi connectivity index (χ1n) is 4.47. The Morgan fingerprint density at radius 1 is 1.38 bits per heavy atom. The van der Waals surface area contributed by atoms with Crippen molar-refractivity contribution in [2.45, 2.75) is 24.7 Å². The quantitative estimate of drug-likeness (QED) is 0.405. The van der Waals surface area contributed by atoms with E-state index in [2.05, 4.69) is 19.2 Å². The van der Waals surface area contributed by atoms with Crippen molar-refractivity contribution in [3.8, 4) is 0 Å². The van der Waals surface area contributed by atoms with Gasteiger partial charge in [0.15, 0.2) is 0 Å². The van der Waals surface area contributed by atoms with Crippen LogP contribution in [0.3, 0.4) is 0 Å². The van der Waals surface area contributed by atoms with Gasteiger partial charge in [-0.25, -0.2) is 0 Å². The predicted molar refractivity (Wildman–Crippen MR) is 61.6 cm³/mol. The summed E-state index contributed by atoms with van der Waals surface area (Å²) >= 11 is -0.608. The molecule has 0 rings (SSSR count). The molecule has 0 amide bonds. The van der Waals surface area contributed by atoms with Crippen LogP contribution in [0.5, 0.6) is 0 Å². The molecule has 80 valence electrons. The third-order valence-corrected chi connectivity index (χ3v) is 4.17. The fourth-order valence-electron chi connectivity index (χ4n) is 0.670. The Hall–Kier alpha value is 1.16. The molecule has 2 radical (unpaired) electrons. The monoisotopic (exact) mass is 361 g/mol. The van der Waals surface area contributed by atoms with E-state index in [1.807, 2.05) is 6.92 Å². The Morgan fingerprint density at radius 3 is 2.62 bits per heavy atom. The van der Waals surface area contributed by atoms with Crippen molar-refractivity contribution in [1.82, 2.24) is 5.32 Å². The molecule has 3 nitrogen and oxygen atoms in total. The number of nitrogens with one attached hydrogen (secondary N) is 1. The van der Waals surface area contributed by atoms with Crippen LogP contribution in [-0.4, -0.2) is 48.0 Å². The van der Waals surface area contributed by atoms with E-state index in [0.717, 1.165) is 19.8 Å². The molecule has 0 aromatic heterocycles. The van der Waals surface area contributed by atoms with Gasteiger partial charge >= 0.3 is 85.9 Å². The molecule has 0 aromatic rings. The molecular formula is C8H20BrNO2Sn. The van der Waals surface area contributed by atoms with Gasteiger partial charge in [-0.2, -0.15) is 0 Å². The Kier molecular flexibility index (Phi) is 16.8. The molecule has 0 aliphatic carbocycles. The summed E-state index contributed by atoms with van der Waals surface area (Å²) in [5.41, 5.74) is 0. The Labute approximate surface area is 102 Å². The Balaban J connectivity index is 0. The maximum absolute atomic E-state index is 5.42. The first kappa shape index (κ1) is 16.6. The van der Waals surface area contributed by atoms with Crippen LogP contribution in [0.4, 0.5) is 0 Å². The minimum atomic E-state index is -0.608. The fourth-order valence-corrected chi connectivity index (χ4v) is 2.49. The van der Waals surface area contributed by atoms with E-state index in [0.29, 0.717) is 10.7 Å². The molecule has 0 saturated carbocycles. The average Bonchev–Trinajstić information content (AvgIpc) is 2.09. The van der Waals surface area contributed by atoms with Crippen molar-refractivity contribution >= 4 is 38.5 Å². The zero-order chi connectivity index (χ0) is 9.23. The van der Waals surface area contributed by atoms with E-state index < -0.39 is 21.6 Å². The van der Waals surface area contributed by atoms with Crippen LogP contribution >= 0.6 is 17.0 Å². The van der Waals surface area contributed by atoms with Gasteiger partial charge in [0.25, 0.3) is 0 Å². The topological polar surface area (TPSA) is 30.5 Å². The van der Waals surface area contributed by atoms with Gasteiger partial charge in [0, 0.05) is 0 Å². The SMILES string of the molecule is Br.CCNCOC[CH](C)[Sn][O]CC. The van der Waals surface area contributed by atoms with Crippen molar-refractivity contribution in [2.24, 2.45) is 0 Å². The number of rotatable bonds is 8. The van der Waals surface area contributed by atoms with E-state index in [1.165, 1.54) is 0 Å². The van der Waals surface area contributed by atoms with Gasteiger partial charge in [-0.05, 0) is 0 Å². The van der Waals surface area contributed by atoms with E-state index in [-0.39, 0.29) is 17.0 Å². The van der Waals surface area contributed by atoms with Crippen LogP contribution in [-0.2, 0) is 7.81 Å². The van der Waals surface area contributed by atoms with Crippen molar-refractivity contribution in [3.63, 3.8) is 0 Å². The summed E-state index contributed by atoms with van der Waals surface area (Å²) in [6.45, 7) is 9.68. The summed E-state index contributed by atoms with van der Waals surface area (Å²) in [6.07, 6.45) is 0. The number of ether oxygens (including phenoxy) is 1. The molecule has 0 aliphatic heterocycles. The van der Waals surface area contributed by atoms with Gasteiger partial charge in [-0.15, -0.1) is 17.0 Å². The van der Waals surface area contributed by atoms with Gasteiger partial charge in [0.1, 0.15) is 0 Å². The van der Waals surface area contributed by atoms with Crippen molar-refractivity contribution < 1.29 is 7.81 Å². The second-order valence-electron chi connectivity index (χ2n) is 2.57. The summed E-state index contributed by atoms with van der Waals surface area (Å²) in [7, 11) is 0. The van der Waals surface area contributed by atoms with Crippen molar-refractivity contribution in [3.05, 3.63) is 0 Å². The second kappa shape index (κ2) is 13.2. The summed E-state index contributed by atoms with van der Waals surface area (Å²) < 4.78 is 11.5. The molecule has 0 aliphatic rings. The third kappa shape index (κ3) is 13.2. The van der Waals surface area contributed by atoms with E-state index in [4.69, 9.17) is 7.81 Å². The number of hydrogen-bond acceptors (Lipinski definition) is 3. The predicted octanol–water partition coefficient (Wildman–Crippen LogP) is 1.61. The molecule has 1 N–H and O–H groups in total. The second-order valence-corrected chi connectivity index (χ2v) is 6.88. The molecule has 0 bridgehead atoms. The molecule has 1 unspecified atom stereocenters. The van der Waals surface area contributed by atoms with E-state index in [9.17, 15) is 0 Å². The molecule has 13 heavy (non-hydrogen) atoms. The molecule has 1 atom stereocenters. The van der Waals surface area contributed by atoms with Crippen molar-refractivity contribution in [2.75, 3.05) is 26.5 Å². The Morgan fingerprint density at radius 2 is 2.08 bits per heavy atom. The van der Waals surface area contributed by atoms with Gasteiger partial charge in [0.05, 0.1) is 0 Å². The van der Waals surface area contributed by atoms with Crippen LogP contribution in [0, 0.1) is 0 Å². The van der Waals surface area contributed by atoms with Crippen LogP contribution in [0.1, 0.15) is 20.8 Å². The third-order valence-electron chi connectivity index (χ3n) is 1.25. The average molecular weight is 361 g/mol. The standard InChI is InChI=1S/C6H14NO.C2H5O.BrH.Sn/c1-3-5-8-6-7-4-2;1-2-3;;/h3,7H,4-6H2,1-2H3;2H2,1H3;1H;/q;-1;;+1. The summed E-state index contributed by atoms with van der Waals surface area (Å²) in [4.78, 5) is 0.